The molecule has 1 aliphatic rings. The van der Waals surface area contributed by atoms with E-state index >= 15 is 0 Å². The first-order valence-corrected chi connectivity index (χ1v) is 9.37. The van der Waals surface area contributed by atoms with Crippen molar-refractivity contribution in [2.75, 3.05) is 5.75 Å². The van der Waals surface area contributed by atoms with Crippen LogP contribution in [-0.2, 0) is 14.3 Å². The van der Waals surface area contributed by atoms with Crippen molar-refractivity contribution in [2.24, 2.45) is 0 Å². The predicted octanol–water partition coefficient (Wildman–Crippen LogP) is 3.20. The third kappa shape index (κ3) is 4.05. The molecule has 2 heterocycles. The minimum Gasteiger partial charge on any atom is -0.466 e. The number of carbonyl (C=O) groups is 3. The quantitative estimate of drug-likeness (QED) is 0.575. The molecule has 2 aromatic rings. The van der Waals surface area contributed by atoms with E-state index in [0.717, 1.165) is 0 Å². The van der Waals surface area contributed by atoms with Crippen LogP contribution in [0.4, 0.5) is 4.39 Å². The van der Waals surface area contributed by atoms with Crippen LogP contribution in [0, 0.1) is 5.82 Å². The van der Waals surface area contributed by atoms with Gasteiger partial charge in [-0.15, -0.1) is 11.8 Å². The van der Waals surface area contributed by atoms with Crippen molar-refractivity contribution in [3.63, 3.8) is 0 Å². The summed E-state index contributed by atoms with van der Waals surface area (Å²) in [6.45, 7) is 2.82. The summed E-state index contributed by atoms with van der Waals surface area (Å²) >= 11 is 1.39. The van der Waals surface area contributed by atoms with Gasteiger partial charge < -0.3 is 14.1 Å². The molecule has 1 amide bonds. The molecule has 1 aromatic carbocycles. The van der Waals surface area contributed by atoms with Crippen molar-refractivity contribution < 1.29 is 27.9 Å². The summed E-state index contributed by atoms with van der Waals surface area (Å²) in [7, 11) is 0. The van der Waals surface area contributed by atoms with Gasteiger partial charge in [0.05, 0.1) is 6.26 Å². The molecule has 3 rings (SSSR count). The van der Waals surface area contributed by atoms with Crippen LogP contribution in [0.3, 0.4) is 0 Å². The van der Waals surface area contributed by atoms with Crippen LogP contribution < -0.4 is 0 Å². The van der Waals surface area contributed by atoms with E-state index in [0.29, 0.717) is 11.5 Å². The smallest absolute Gasteiger partial charge is 0.330 e. The Labute approximate surface area is 159 Å². The Morgan fingerprint density at radius 2 is 1.96 bits per heavy atom. The van der Waals surface area contributed by atoms with Crippen LogP contribution in [0.2, 0.25) is 0 Å². The zero-order valence-corrected chi connectivity index (χ0v) is 15.6. The number of ether oxygens (including phenoxy) is 1. The molecule has 8 heteroatoms. The van der Waals surface area contributed by atoms with Crippen LogP contribution in [0.15, 0.2) is 47.1 Å². The van der Waals surface area contributed by atoms with Crippen molar-refractivity contribution in [1.82, 2.24) is 4.90 Å². The number of hydrogen-bond donors (Lipinski definition) is 0. The molecule has 1 aliphatic heterocycles. The molecular formula is C19H18FNO5S. The highest BCUT2D eigenvalue weighted by Gasteiger charge is 2.43. The molecule has 27 heavy (non-hydrogen) atoms. The Morgan fingerprint density at radius 1 is 1.26 bits per heavy atom. The molecular weight excluding hydrogens is 373 g/mol. The third-order valence-electron chi connectivity index (χ3n) is 4.21. The van der Waals surface area contributed by atoms with E-state index in [1.165, 1.54) is 61.0 Å². The van der Waals surface area contributed by atoms with Gasteiger partial charge in [0.1, 0.15) is 23.0 Å². The topological polar surface area (TPSA) is 76.8 Å². The molecule has 0 aliphatic carbocycles. The van der Waals surface area contributed by atoms with E-state index in [9.17, 15) is 18.8 Å². The molecule has 6 nitrogen and oxygen atoms in total. The highest BCUT2D eigenvalue weighted by molar-refractivity contribution is 7.99. The number of furan rings is 1. The van der Waals surface area contributed by atoms with E-state index in [1.807, 2.05) is 0 Å². The molecule has 1 saturated heterocycles. The van der Waals surface area contributed by atoms with Crippen LogP contribution in [0.25, 0.3) is 0 Å². The lowest BCUT2D eigenvalue weighted by molar-refractivity contribution is -0.155. The lowest BCUT2D eigenvalue weighted by Gasteiger charge is -2.26. The zero-order chi connectivity index (χ0) is 19.6. The Kier molecular flexibility index (Phi) is 5.65. The first kappa shape index (κ1) is 19.2. The van der Waals surface area contributed by atoms with Gasteiger partial charge in [-0.25, -0.2) is 9.18 Å². The third-order valence-corrected chi connectivity index (χ3v) is 5.50. The van der Waals surface area contributed by atoms with Gasteiger partial charge in [-0.1, -0.05) is 0 Å². The summed E-state index contributed by atoms with van der Waals surface area (Å²) in [5, 5.41) is -0.418. The summed E-state index contributed by atoms with van der Waals surface area (Å²) in [5.41, 5.74) is 0.245. The van der Waals surface area contributed by atoms with Gasteiger partial charge in [0, 0.05) is 18.2 Å². The van der Waals surface area contributed by atoms with Crippen molar-refractivity contribution in [3.05, 3.63) is 59.8 Å². The molecule has 0 unspecified atom stereocenters. The van der Waals surface area contributed by atoms with Crippen LogP contribution in [-0.4, -0.2) is 40.5 Å². The molecule has 0 bridgehead atoms. The van der Waals surface area contributed by atoms with Crippen molar-refractivity contribution >= 4 is 29.4 Å². The van der Waals surface area contributed by atoms with E-state index in [2.05, 4.69) is 0 Å². The maximum Gasteiger partial charge on any atom is 0.330 e. The minimum atomic E-state index is -1.05. The summed E-state index contributed by atoms with van der Waals surface area (Å²) < 4.78 is 23.7. The van der Waals surface area contributed by atoms with Crippen molar-refractivity contribution in [3.8, 4) is 0 Å². The van der Waals surface area contributed by atoms with Gasteiger partial charge in [-0.3, -0.25) is 9.59 Å². The SMILES string of the molecule is CC(=O)N1[C@@H](c2ccco2)SC[C@H]1C(=O)O[C@H](C)C(=O)c1ccc(F)cc1. The average Bonchev–Trinajstić information content (AvgIpc) is 3.30. The maximum atomic E-state index is 13.0. The monoisotopic (exact) mass is 391 g/mol. The van der Waals surface area contributed by atoms with Crippen molar-refractivity contribution in [1.29, 1.82) is 0 Å². The number of amides is 1. The zero-order valence-electron chi connectivity index (χ0n) is 14.8. The van der Waals surface area contributed by atoms with E-state index < -0.39 is 35.1 Å². The summed E-state index contributed by atoms with van der Waals surface area (Å²) in [5.74, 6) is -0.941. The molecule has 1 aromatic heterocycles. The van der Waals surface area contributed by atoms with Gasteiger partial charge >= 0.3 is 5.97 Å². The lowest BCUT2D eigenvalue weighted by atomic mass is 10.1. The summed E-state index contributed by atoms with van der Waals surface area (Å²) in [6.07, 6.45) is 0.452. The lowest BCUT2D eigenvalue weighted by Crippen LogP contribution is -2.44. The molecule has 3 atom stereocenters. The number of esters is 1. The number of benzene rings is 1. The average molecular weight is 391 g/mol. The highest BCUT2D eigenvalue weighted by atomic mass is 32.2. The minimum absolute atomic E-state index is 0.245. The molecule has 0 saturated carbocycles. The fourth-order valence-electron chi connectivity index (χ4n) is 2.88. The molecule has 0 radical (unpaired) electrons. The van der Waals surface area contributed by atoms with Gasteiger partial charge in [0.2, 0.25) is 11.7 Å². The largest absolute Gasteiger partial charge is 0.466 e. The second-order valence-electron chi connectivity index (χ2n) is 6.09. The summed E-state index contributed by atoms with van der Waals surface area (Å²) in [6, 6.07) is 7.64. The number of thioether (sulfide) groups is 1. The Hall–Kier alpha value is -2.61. The van der Waals surface area contributed by atoms with Gasteiger partial charge in [0.25, 0.3) is 0 Å². The molecule has 0 spiro atoms. The highest BCUT2D eigenvalue weighted by Crippen LogP contribution is 2.41. The second kappa shape index (κ2) is 7.96. The molecule has 142 valence electrons. The number of nitrogens with zero attached hydrogens (tertiary/aromatic N) is 1. The number of carbonyl (C=O) groups excluding carboxylic acids is 3. The Morgan fingerprint density at radius 3 is 2.56 bits per heavy atom. The van der Waals surface area contributed by atoms with Crippen LogP contribution in [0.1, 0.15) is 35.3 Å². The predicted molar refractivity (Wildman–Crippen MR) is 96.5 cm³/mol. The van der Waals surface area contributed by atoms with Gasteiger partial charge in [-0.2, -0.15) is 0 Å². The Balaban J connectivity index is 1.70. The maximum absolute atomic E-state index is 13.0. The first-order chi connectivity index (χ1) is 12.9. The number of halogens is 1. The molecule has 1 fully saturated rings. The summed E-state index contributed by atoms with van der Waals surface area (Å²) in [4.78, 5) is 38.5. The van der Waals surface area contributed by atoms with E-state index in [1.54, 1.807) is 12.1 Å². The van der Waals surface area contributed by atoms with E-state index in [4.69, 9.17) is 9.15 Å². The number of Topliss-reactive ketones (excluding diaryl/α,β-unsaturated/α-hetero) is 1. The second-order valence-corrected chi connectivity index (χ2v) is 7.21. The number of rotatable bonds is 5. The van der Waals surface area contributed by atoms with Gasteiger partial charge in [-0.05, 0) is 43.3 Å². The fraction of sp³-hybridized carbons (Fsp3) is 0.316. The number of hydrogen-bond acceptors (Lipinski definition) is 6. The normalized spacial score (nSPS) is 20.3. The van der Waals surface area contributed by atoms with Gasteiger partial charge in [0.15, 0.2) is 6.10 Å². The number of ketones is 1. The van der Waals surface area contributed by atoms with Crippen LogP contribution in [0.5, 0.6) is 0 Å². The van der Waals surface area contributed by atoms with Crippen LogP contribution >= 0.6 is 11.8 Å². The standard InChI is InChI=1S/C19H18FNO5S/c1-11(17(23)13-5-7-14(20)8-6-13)26-19(24)15-10-27-18(21(15)12(2)22)16-4-3-9-25-16/h3-9,11,15,18H,10H2,1-2H3/t11-,15+,18-/m1/s1. The molecule has 0 N–H and O–H groups in total. The first-order valence-electron chi connectivity index (χ1n) is 8.32. The van der Waals surface area contributed by atoms with E-state index in [-0.39, 0.29) is 11.5 Å². The van der Waals surface area contributed by atoms with Crippen molar-refractivity contribution in [2.45, 2.75) is 31.4 Å². The Bertz CT molecular complexity index is 836. The fourth-order valence-corrected chi connectivity index (χ4v) is 4.29.